The first-order chi connectivity index (χ1) is 9.54. The number of aliphatic hydroxyl groups is 1. The van der Waals surface area contributed by atoms with Crippen molar-refractivity contribution in [3.63, 3.8) is 0 Å². The Balaban J connectivity index is 1.86. The molecular formula is C16H30N2O2. The SMILES string of the molecule is CN(CC1(O)CCCC1)C(=O)C1CCCC(CCN)C1. The Morgan fingerprint density at radius 1 is 1.30 bits per heavy atom. The van der Waals surface area contributed by atoms with Gasteiger partial charge < -0.3 is 15.7 Å². The van der Waals surface area contributed by atoms with Gasteiger partial charge in [0.1, 0.15) is 0 Å². The molecule has 116 valence electrons. The Morgan fingerprint density at radius 3 is 2.65 bits per heavy atom. The molecule has 0 aliphatic heterocycles. The van der Waals surface area contributed by atoms with Gasteiger partial charge in [-0.05, 0) is 44.6 Å². The van der Waals surface area contributed by atoms with Gasteiger partial charge in [0.25, 0.3) is 0 Å². The molecule has 0 radical (unpaired) electrons. The zero-order chi connectivity index (χ0) is 14.6. The molecular weight excluding hydrogens is 252 g/mol. The highest BCUT2D eigenvalue weighted by molar-refractivity contribution is 5.78. The summed E-state index contributed by atoms with van der Waals surface area (Å²) in [5.74, 6) is 0.994. The summed E-state index contributed by atoms with van der Waals surface area (Å²) in [6.45, 7) is 1.23. The Bertz CT molecular complexity index is 324. The molecule has 4 heteroatoms. The van der Waals surface area contributed by atoms with Gasteiger partial charge in [0.2, 0.25) is 5.91 Å². The normalized spacial score (nSPS) is 29.4. The fourth-order valence-electron chi connectivity index (χ4n) is 4.04. The van der Waals surface area contributed by atoms with Crippen LogP contribution in [0, 0.1) is 11.8 Å². The number of hydrogen-bond acceptors (Lipinski definition) is 3. The second-order valence-electron chi connectivity index (χ2n) is 6.93. The summed E-state index contributed by atoms with van der Waals surface area (Å²) < 4.78 is 0. The van der Waals surface area contributed by atoms with Gasteiger partial charge in [-0.2, -0.15) is 0 Å². The van der Waals surface area contributed by atoms with E-state index in [-0.39, 0.29) is 11.8 Å². The third-order valence-corrected chi connectivity index (χ3v) is 5.15. The summed E-state index contributed by atoms with van der Waals surface area (Å²) in [4.78, 5) is 14.3. The van der Waals surface area contributed by atoms with E-state index in [9.17, 15) is 9.90 Å². The number of likely N-dealkylation sites (N-methyl/N-ethyl adjacent to an activating group) is 1. The molecule has 2 aliphatic carbocycles. The first-order valence-electron chi connectivity index (χ1n) is 8.21. The van der Waals surface area contributed by atoms with E-state index in [1.54, 1.807) is 4.90 Å². The van der Waals surface area contributed by atoms with E-state index in [4.69, 9.17) is 5.73 Å². The highest BCUT2D eigenvalue weighted by atomic mass is 16.3. The average molecular weight is 282 g/mol. The lowest BCUT2D eigenvalue weighted by Gasteiger charge is -2.34. The van der Waals surface area contributed by atoms with Crippen molar-refractivity contribution in [3.8, 4) is 0 Å². The average Bonchev–Trinajstić information content (AvgIpc) is 2.85. The summed E-state index contributed by atoms with van der Waals surface area (Å²) >= 11 is 0. The molecule has 1 amide bonds. The van der Waals surface area contributed by atoms with E-state index in [1.165, 1.54) is 6.42 Å². The second-order valence-corrected chi connectivity index (χ2v) is 6.93. The lowest BCUT2D eigenvalue weighted by atomic mass is 9.79. The summed E-state index contributed by atoms with van der Waals surface area (Å²) in [5.41, 5.74) is 5.01. The fraction of sp³-hybridized carbons (Fsp3) is 0.938. The van der Waals surface area contributed by atoms with Crippen molar-refractivity contribution in [2.24, 2.45) is 17.6 Å². The third kappa shape index (κ3) is 3.95. The monoisotopic (exact) mass is 282 g/mol. The van der Waals surface area contributed by atoms with Gasteiger partial charge in [-0.1, -0.05) is 25.7 Å². The van der Waals surface area contributed by atoms with Crippen molar-refractivity contribution >= 4 is 5.91 Å². The van der Waals surface area contributed by atoms with Crippen LogP contribution in [0.15, 0.2) is 0 Å². The minimum atomic E-state index is -0.629. The van der Waals surface area contributed by atoms with Crippen molar-refractivity contribution in [3.05, 3.63) is 0 Å². The molecule has 4 nitrogen and oxygen atoms in total. The zero-order valence-corrected chi connectivity index (χ0v) is 12.8. The van der Waals surface area contributed by atoms with E-state index >= 15 is 0 Å². The number of nitrogens with two attached hydrogens (primary N) is 1. The lowest BCUT2D eigenvalue weighted by Crippen LogP contribution is -2.45. The zero-order valence-electron chi connectivity index (χ0n) is 12.8. The smallest absolute Gasteiger partial charge is 0.225 e. The van der Waals surface area contributed by atoms with Gasteiger partial charge in [-0.15, -0.1) is 0 Å². The minimum Gasteiger partial charge on any atom is -0.388 e. The van der Waals surface area contributed by atoms with Crippen LogP contribution in [0.3, 0.4) is 0 Å². The van der Waals surface area contributed by atoms with Crippen molar-refractivity contribution in [1.29, 1.82) is 0 Å². The summed E-state index contributed by atoms with van der Waals surface area (Å²) in [6.07, 6.45) is 9.23. The Morgan fingerprint density at radius 2 is 2.00 bits per heavy atom. The number of hydrogen-bond donors (Lipinski definition) is 2. The Labute approximate surface area is 122 Å². The molecule has 0 aromatic heterocycles. The van der Waals surface area contributed by atoms with Gasteiger partial charge in [0, 0.05) is 19.5 Å². The summed E-state index contributed by atoms with van der Waals surface area (Å²) in [6, 6.07) is 0. The highest BCUT2D eigenvalue weighted by Crippen LogP contribution is 2.34. The van der Waals surface area contributed by atoms with Crippen molar-refractivity contribution in [1.82, 2.24) is 4.90 Å². The Kier molecular flexibility index (Phi) is 5.44. The van der Waals surface area contributed by atoms with Crippen LogP contribution < -0.4 is 5.73 Å². The molecule has 0 aromatic rings. The number of rotatable bonds is 5. The molecule has 0 saturated heterocycles. The first kappa shape index (κ1) is 15.8. The maximum Gasteiger partial charge on any atom is 0.225 e. The van der Waals surface area contributed by atoms with Crippen LogP contribution in [-0.4, -0.2) is 41.7 Å². The molecule has 3 N–H and O–H groups in total. The fourth-order valence-corrected chi connectivity index (χ4v) is 4.04. The van der Waals surface area contributed by atoms with E-state index in [1.807, 2.05) is 7.05 Å². The molecule has 2 atom stereocenters. The predicted molar refractivity (Wildman–Crippen MR) is 80.2 cm³/mol. The maximum absolute atomic E-state index is 12.6. The Hall–Kier alpha value is -0.610. The number of nitrogens with zero attached hydrogens (tertiary/aromatic N) is 1. The van der Waals surface area contributed by atoms with Crippen molar-refractivity contribution in [2.75, 3.05) is 20.1 Å². The van der Waals surface area contributed by atoms with E-state index in [0.717, 1.165) is 57.9 Å². The lowest BCUT2D eigenvalue weighted by molar-refractivity contribution is -0.139. The van der Waals surface area contributed by atoms with Crippen LogP contribution in [-0.2, 0) is 4.79 Å². The number of carbonyl (C=O) groups excluding carboxylic acids is 1. The molecule has 0 heterocycles. The molecule has 0 aromatic carbocycles. The van der Waals surface area contributed by atoms with Crippen molar-refractivity contribution in [2.45, 2.75) is 63.4 Å². The van der Waals surface area contributed by atoms with E-state index in [0.29, 0.717) is 12.5 Å². The van der Waals surface area contributed by atoms with E-state index in [2.05, 4.69) is 0 Å². The molecule has 20 heavy (non-hydrogen) atoms. The van der Waals surface area contributed by atoms with Crippen LogP contribution in [0.5, 0.6) is 0 Å². The third-order valence-electron chi connectivity index (χ3n) is 5.15. The molecule has 2 aliphatic rings. The standard InChI is InChI=1S/C16H30N2O2/c1-18(12-16(20)8-2-3-9-16)15(19)14-6-4-5-13(11-14)7-10-17/h13-14,20H,2-12,17H2,1H3. The van der Waals surface area contributed by atoms with Gasteiger partial charge in [-0.25, -0.2) is 0 Å². The van der Waals surface area contributed by atoms with Crippen LogP contribution in [0.1, 0.15) is 57.8 Å². The van der Waals surface area contributed by atoms with Gasteiger partial charge in [-0.3, -0.25) is 4.79 Å². The highest BCUT2D eigenvalue weighted by Gasteiger charge is 2.35. The quantitative estimate of drug-likeness (QED) is 0.809. The molecule has 0 bridgehead atoms. The number of amides is 1. The second kappa shape index (κ2) is 6.90. The maximum atomic E-state index is 12.6. The first-order valence-corrected chi connectivity index (χ1v) is 8.21. The van der Waals surface area contributed by atoms with Gasteiger partial charge in [0.05, 0.1) is 5.60 Å². The van der Waals surface area contributed by atoms with E-state index < -0.39 is 5.60 Å². The molecule has 0 spiro atoms. The molecule has 2 saturated carbocycles. The van der Waals surface area contributed by atoms with Crippen LogP contribution >= 0.6 is 0 Å². The molecule has 2 rings (SSSR count). The van der Waals surface area contributed by atoms with Crippen LogP contribution in [0.25, 0.3) is 0 Å². The van der Waals surface area contributed by atoms with Gasteiger partial charge >= 0.3 is 0 Å². The largest absolute Gasteiger partial charge is 0.388 e. The number of carbonyl (C=O) groups is 1. The summed E-state index contributed by atoms with van der Waals surface area (Å²) in [7, 11) is 1.85. The van der Waals surface area contributed by atoms with Crippen molar-refractivity contribution < 1.29 is 9.90 Å². The predicted octanol–water partition coefficient (Wildman–Crippen LogP) is 1.91. The minimum absolute atomic E-state index is 0.148. The molecule has 2 fully saturated rings. The summed E-state index contributed by atoms with van der Waals surface area (Å²) in [5, 5.41) is 10.4. The van der Waals surface area contributed by atoms with Crippen LogP contribution in [0.2, 0.25) is 0 Å². The molecule has 2 unspecified atom stereocenters. The van der Waals surface area contributed by atoms with Crippen LogP contribution in [0.4, 0.5) is 0 Å². The van der Waals surface area contributed by atoms with Gasteiger partial charge in [0.15, 0.2) is 0 Å². The topological polar surface area (TPSA) is 66.6 Å².